The zero-order chi connectivity index (χ0) is 15.3. The Morgan fingerprint density at radius 2 is 1.89 bits per heavy atom. The fraction of sp³-hybridized carbons (Fsp3) is 0.818. The maximum absolute atomic E-state index is 11.5. The van der Waals surface area contributed by atoms with Gasteiger partial charge in [-0.05, 0) is 26.7 Å². The second kappa shape index (κ2) is 6.85. The van der Waals surface area contributed by atoms with E-state index in [1.807, 2.05) is 0 Å². The summed E-state index contributed by atoms with van der Waals surface area (Å²) in [5.41, 5.74) is 5.20. The third-order valence-electron chi connectivity index (χ3n) is 2.41. The van der Waals surface area contributed by atoms with Crippen molar-refractivity contribution in [3.63, 3.8) is 0 Å². The number of aliphatic carboxylic acids is 1. The van der Waals surface area contributed by atoms with Crippen molar-refractivity contribution in [2.75, 3.05) is 12.0 Å². The van der Waals surface area contributed by atoms with Gasteiger partial charge in [0, 0.05) is 18.2 Å². The smallest absolute Gasteiger partial charge is 0.326 e. The molecule has 112 valence electrons. The highest BCUT2D eigenvalue weighted by molar-refractivity contribution is 7.90. The summed E-state index contributed by atoms with van der Waals surface area (Å²) < 4.78 is 22.0. The number of carboxylic acid groups (broad SMARTS) is 1. The standard InChI is InChI=1S/C11H22N2O5S/c1-11(2,12)6-4-9(14)13-8(10(15)16)5-7-19(3,17)18/h8H,4-7,12H2,1-3H3,(H,13,14)(H,15,16). The molecule has 1 atom stereocenters. The number of sulfone groups is 1. The van der Waals surface area contributed by atoms with Crippen LogP contribution in [0.15, 0.2) is 0 Å². The molecule has 0 aromatic heterocycles. The van der Waals surface area contributed by atoms with E-state index in [1.165, 1.54) is 0 Å². The predicted molar refractivity (Wildman–Crippen MR) is 71.4 cm³/mol. The number of carbonyl (C=O) groups is 2. The van der Waals surface area contributed by atoms with Gasteiger partial charge in [0.15, 0.2) is 0 Å². The zero-order valence-corrected chi connectivity index (χ0v) is 12.3. The van der Waals surface area contributed by atoms with Crippen molar-refractivity contribution in [2.24, 2.45) is 5.73 Å². The molecule has 0 radical (unpaired) electrons. The number of carbonyl (C=O) groups excluding carboxylic acids is 1. The van der Waals surface area contributed by atoms with Crippen LogP contribution in [0.3, 0.4) is 0 Å². The van der Waals surface area contributed by atoms with E-state index < -0.39 is 33.3 Å². The Morgan fingerprint density at radius 3 is 2.26 bits per heavy atom. The maximum Gasteiger partial charge on any atom is 0.326 e. The van der Waals surface area contributed by atoms with E-state index in [9.17, 15) is 18.0 Å². The second-order valence-corrected chi connectivity index (χ2v) is 7.63. The Morgan fingerprint density at radius 1 is 1.37 bits per heavy atom. The lowest BCUT2D eigenvalue weighted by Crippen LogP contribution is -2.43. The average Bonchev–Trinajstić information content (AvgIpc) is 2.18. The molecule has 19 heavy (non-hydrogen) atoms. The van der Waals surface area contributed by atoms with E-state index in [-0.39, 0.29) is 18.6 Å². The van der Waals surface area contributed by atoms with Crippen LogP contribution in [0.4, 0.5) is 0 Å². The van der Waals surface area contributed by atoms with Crippen molar-refractivity contribution in [3.8, 4) is 0 Å². The number of hydrogen-bond acceptors (Lipinski definition) is 5. The molecular weight excluding hydrogens is 272 g/mol. The van der Waals surface area contributed by atoms with Crippen LogP contribution in [0.5, 0.6) is 0 Å². The number of amides is 1. The number of rotatable bonds is 8. The van der Waals surface area contributed by atoms with E-state index in [1.54, 1.807) is 13.8 Å². The molecular formula is C11H22N2O5S. The Bertz CT molecular complexity index is 425. The summed E-state index contributed by atoms with van der Waals surface area (Å²) in [5.74, 6) is -1.98. The predicted octanol–water partition coefficient (Wildman–Crippen LogP) is -0.492. The molecule has 1 unspecified atom stereocenters. The van der Waals surface area contributed by atoms with Crippen LogP contribution in [0.25, 0.3) is 0 Å². The van der Waals surface area contributed by atoms with Crippen molar-refractivity contribution in [1.29, 1.82) is 0 Å². The first-order valence-corrected chi connectivity index (χ1v) is 7.95. The first-order valence-electron chi connectivity index (χ1n) is 5.89. The number of hydrogen-bond donors (Lipinski definition) is 3. The molecule has 0 rings (SSSR count). The molecule has 4 N–H and O–H groups in total. The quantitative estimate of drug-likeness (QED) is 0.554. The van der Waals surface area contributed by atoms with E-state index in [2.05, 4.69) is 5.32 Å². The third kappa shape index (κ3) is 10.5. The molecule has 0 saturated carbocycles. The average molecular weight is 294 g/mol. The first-order chi connectivity index (χ1) is 8.41. The van der Waals surface area contributed by atoms with Gasteiger partial charge >= 0.3 is 5.97 Å². The Hall–Kier alpha value is -1.15. The van der Waals surface area contributed by atoms with Crippen LogP contribution in [0.2, 0.25) is 0 Å². The lowest BCUT2D eigenvalue weighted by molar-refractivity contribution is -0.141. The molecule has 0 aliphatic rings. The minimum absolute atomic E-state index is 0.103. The molecule has 8 heteroatoms. The van der Waals surface area contributed by atoms with Gasteiger partial charge in [0.05, 0.1) is 5.75 Å². The molecule has 0 fully saturated rings. The van der Waals surface area contributed by atoms with Crippen LogP contribution in [-0.2, 0) is 19.4 Å². The third-order valence-corrected chi connectivity index (χ3v) is 3.38. The number of carboxylic acids is 1. The molecule has 0 aliphatic carbocycles. The zero-order valence-electron chi connectivity index (χ0n) is 11.5. The molecule has 0 heterocycles. The molecule has 1 amide bonds. The Kier molecular flexibility index (Phi) is 6.44. The molecule has 0 aliphatic heterocycles. The topological polar surface area (TPSA) is 127 Å². The molecule has 0 aromatic rings. The van der Waals surface area contributed by atoms with Crippen molar-refractivity contribution in [1.82, 2.24) is 5.32 Å². The van der Waals surface area contributed by atoms with Crippen LogP contribution < -0.4 is 11.1 Å². The summed E-state index contributed by atoms with van der Waals surface area (Å²) in [6.45, 7) is 3.53. The monoisotopic (exact) mass is 294 g/mol. The molecule has 0 spiro atoms. The Balaban J connectivity index is 4.35. The van der Waals surface area contributed by atoms with Gasteiger partial charge in [0.25, 0.3) is 0 Å². The summed E-state index contributed by atoms with van der Waals surface area (Å²) in [6, 6.07) is -1.19. The van der Waals surface area contributed by atoms with Gasteiger partial charge < -0.3 is 16.2 Å². The van der Waals surface area contributed by atoms with E-state index in [0.29, 0.717) is 6.42 Å². The fourth-order valence-electron chi connectivity index (χ4n) is 1.29. The minimum atomic E-state index is -3.26. The van der Waals surface area contributed by atoms with Crippen LogP contribution in [0, 0.1) is 0 Å². The van der Waals surface area contributed by atoms with Crippen molar-refractivity contribution < 1.29 is 23.1 Å². The summed E-state index contributed by atoms with van der Waals surface area (Å²) in [6.07, 6.45) is 1.39. The summed E-state index contributed by atoms with van der Waals surface area (Å²) in [4.78, 5) is 22.5. The lowest BCUT2D eigenvalue weighted by atomic mass is 10.00. The lowest BCUT2D eigenvalue weighted by Gasteiger charge is -2.19. The van der Waals surface area contributed by atoms with Gasteiger partial charge in [0.1, 0.15) is 15.9 Å². The second-order valence-electron chi connectivity index (χ2n) is 5.37. The van der Waals surface area contributed by atoms with Gasteiger partial charge in [-0.25, -0.2) is 13.2 Å². The van der Waals surface area contributed by atoms with E-state index in [0.717, 1.165) is 6.26 Å². The van der Waals surface area contributed by atoms with Gasteiger partial charge in [-0.15, -0.1) is 0 Å². The SMILES string of the molecule is CC(C)(N)CCC(=O)NC(CCS(C)(=O)=O)C(=O)O. The molecule has 0 aromatic carbocycles. The number of nitrogens with one attached hydrogen (secondary N) is 1. The van der Waals surface area contributed by atoms with E-state index in [4.69, 9.17) is 10.8 Å². The van der Waals surface area contributed by atoms with Gasteiger partial charge in [0.2, 0.25) is 5.91 Å². The van der Waals surface area contributed by atoms with Gasteiger partial charge in [-0.3, -0.25) is 4.79 Å². The first kappa shape index (κ1) is 17.8. The fourth-order valence-corrected chi connectivity index (χ4v) is 1.96. The van der Waals surface area contributed by atoms with Gasteiger partial charge in [-0.1, -0.05) is 0 Å². The van der Waals surface area contributed by atoms with Gasteiger partial charge in [-0.2, -0.15) is 0 Å². The van der Waals surface area contributed by atoms with Crippen molar-refractivity contribution >= 4 is 21.7 Å². The molecule has 0 saturated heterocycles. The van der Waals surface area contributed by atoms with Crippen molar-refractivity contribution in [2.45, 2.75) is 44.7 Å². The Labute approximate surface area is 113 Å². The minimum Gasteiger partial charge on any atom is -0.480 e. The normalized spacial score (nSPS) is 13.9. The summed E-state index contributed by atoms with van der Waals surface area (Å²) in [7, 11) is -3.26. The molecule has 0 bridgehead atoms. The summed E-state index contributed by atoms with van der Waals surface area (Å²) in [5, 5.41) is 11.2. The van der Waals surface area contributed by atoms with Crippen molar-refractivity contribution in [3.05, 3.63) is 0 Å². The molecule has 7 nitrogen and oxygen atoms in total. The number of nitrogens with two attached hydrogens (primary N) is 1. The highest BCUT2D eigenvalue weighted by atomic mass is 32.2. The summed E-state index contributed by atoms with van der Waals surface area (Å²) >= 11 is 0. The highest BCUT2D eigenvalue weighted by Crippen LogP contribution is 2.07. The van der Waals surface area contributed by atoms with E-state index >= 15 is 0 Å². The maximum atomic E-state index is 11.5. The van der Waals surface area contributed by atoms with Crippen LogP contribution >= 0.6 is 0 Å². The van der Waals surface area contributed by atoms with Crippen LogP contribution in [-0.4, -0.2) is 49.0 Å². The highest BCUT2D eigenvalue weighted by Gasteiger charge is 2.22. The largest absolute Gasteiger partial charge is 0.480 e. The van der Waals surface area contributed by atoms with Crippen LogP contribution in [0.1, 0.15) is 33.1 Å².